The summed E-state index contributed by atoms with van der Waals surface area (Å²) in [6.45, 7) is 4.59. The van der Waals surface area contributed by atoms with Crippen LogP contribution in [-0.4, -0.2) is 31.5 Å². The van der Waals surface area contributed by atoms with Crippen LogP contribution in [-0.2, 0) is 14.1 Å². The van der Waals surface area contributed by atoms with Gasteiger partial charge in [0, 0.05) is 19.7 Å². The first-order chi connectivity index (χ1) is 13.0. The molecule has 142 valence electrons. The zero-order valence-corrected chi connectivity index (χ0v) is 16.7. The third-order valence-corrected chi connectivity index (χ3v) is 5.31. The molecule has 0 bridgehead atoms. The van der Waals surface area contributed by atoms with Crippen molar-refractivity contribution in [1.82, 2.24) is 19.1 Å². The van der Waals surface area contributed by atoms with Crippen LogP contribution in [0, 0.1) is 0 Å². The topological polar surface area (TPSA) is 79.0 Å². The number of hydrogen-bond donors (Lipinski definition) is 0. The van der Waals surface area contributed by atoms with E-state index in [-0.39, 0.29) is 5.56 Å². The Bertz CT molecular complexity index is 1090. The average molecular weight is 386 g/mol. The van der Waals surface area contributed by atoms with E-state index in [1.54, 1.807) is 7.05 Å². The minimum absolute atomic E-state index is 0.348. The molecule has 0 N–H and O–H groups in total. The van der Waals surface area contributed by atoms with Gasteiger partial charge in [0.1, 0.15) is 16.2 Å². The lowest BCUT2D eigenvalue weighted by atomic mass is 10.2. The van der Waals surface area contributed by atoms with Crippen molar-refractivity contribution in [3.8, 4) is 17.1 Å². The van der Waals surface area contributed by atoms with Crippen molar-refractivity contribution in [2.45, 2.75) is 25.3 Å². The molecular formula is C19H22N4O3S. The van der Waals surface area contributed by atoms with Crippen LogP contribution in [0.25, 0.3) is 22.4 Å². The molecule has 3 aromatic rings. The second-order valence-corrected chi connectivity index (χ2v) is 7.15. The van der Waals surface area contributed by atoms with Crippen molar-refractivity contribution in [3.05, 3.63) is 45.1 Å². The van der Waals surface area contributed by atoms with Crippen molar-refractivity contribution in [2.75, 3.05) is 12.4 Å². The Labute approximate surface area is 161 Å². The Morgan fingerprint density at radius 3 is 2.37 bits per heavy atom. The summed E-state index contributed by atoms with van der Waals surface area (Å²) < 4.78 is 7.96. The van der Waals surface area contributed by atoms with Crippen LogP contribution in [0.2, 0.25) is 0 Å². The highest BCUT2D eigenvalue weighted by molar-refractivity contribution is 7.99. The highest BCUT2D eigenvalue weighted by atomic mass is 32.2. The summed E-state index contributed by atoms with van der Waals surface area (Å²) >= 11 is 1.50. The summed E-state index contributed by atoms with van der Waals surface area (Å²) in [6.07, 6.45) is 0.945. The van der Waals surface area contributed by atoms with Crippen LogP contribution in [0.5, 0.6) is 5.75 Å². The van der Waals surface area contributed by atoms with Gasteiger partial charge in [-0.25, -0.2) is 14.8 Å². The van der Waals surface area contributed by atoms with Gasteiger partial charge in [0.2, 0.25) is 0 Å². The number of nitrogens with zero attached hydrogens (tertiary/aromatic N) is 4. The van der Waals surface area contributed by atoms with Crippen LogP contribution < -0.4 is 16.0 Å². The third kappa shape index (κ3) is 3.62. The summed E-state index contributed by atoms with van der Waals surface area (Å²) in [7, 11) is 3.09. The Balaban J connectivity index is 2.25. The fourth-order valence-electron chi connectivity index (χ4n) is 2.73. The van der Waals surface area contributed by atoms with Gasteiger partial charge >= 0.3 is 5.69 Å². The lowest BCUT2D eigenvalue weighted by Gasteiger charge is -2.12. The van der Waals surface area contributed by atoms with Crippen LogP contribution in [0.15, 0.2) is 38.9 Å². The van der Waals surface area contributed by atoms with E-state index >= 15 is 0 Å². The number of benzene rings is 1. The zero-order valence-electron chi connectivity index (χ0n) is 15.9. The van der Waals surface area contributed by atoms with Gasteiger partial charge in [0.05, 0.1) is 6.61 Å². The maximum atomic E-state index is 12.7. The second-order valence-electron chi connectivity index (χ2n) is 6.06. The standard InChI is InChI=1S/C19H22N4O3S/c1-5-11-27-17-14-16(22(3)19(25)23(4)18(14)24)20-15(21-17)12-7-9-13(10-8-12)26-6-2/h7-10H,5-6,11H2,1-4H3. The van der Waals surface area contributed by atoms with Crippen molar-refractivity contribution in [2.24, 2.45) is 14.1 Å². The highest BCUT2D eigenvalue weighted by Gasteiger charge is 2.18. The molecule has 0 aliphatic rings. The molecule has 0 unspecified atom stereocenters. The molecule has 3 rings (SSSR count). The summed E-state index contributed by atoms with van der Waals surface area (Å²) in [5.74, 6) is 2.07. The summed E-state index contributed by atoms with van der Waals surface area (Å²) in [5, 5.41) is 0.981. The molecule has 0 amide bonds. The van der Waals surface area contributed by atoms with Gasteiger partial charge in [-0.3, -0.25) is 13.9 Å². The average Bonchev–Trinajstić information content (AvgIpc) is 2.69. The quantitative estimate of drug-likeness (QED) is 0.479. The molecular weight excluding hydrogens is 364 g/mol. The summed E-state index contributed by atoms with van der Waals surface area (Å²) in [6, 6.07) is 7.46. The van der Waals surface area contributed by atoms with E-state index in [0.29, 0.717) is 28.5 Å². The van der Waals surface area contributed by atoms with Gasteiger partial charge < -0.3 is 4.74 Å². The fourth-order valence-corrected chi connectivity index (χ4v) is 3.60. The summed E-state index contributed by atoms with van der Waals surface area (Å²) in [5.41, 5.74) is 0.368. The molecule has 2 heterocycles. The smallest absolute Gasteiger partial charge is 0.332 e. The number of aryl methyl sites for hydroxylation is 1. The van der Waals surface area contributed by atoms with Gasteiger partial charge in [0.25, 0.3) is 5.56 Å². The van der Waals surface area contributed by atoms with Crippen molar-refractivity contribution in [1.29, 1.82) is 0 Å². The third-order valence-electron chi connectivity index (χ3n) is 4.13. The van der Waals surface area contributed by atoms with Crippen LogP contribution >= 0.6 is 11.8 Å². The van der Waals surface area contributed by atoms with E-state index in [0.717, 1.165) is 28.1 Å². The molecule has 27 heavy (non-hydrogen) atoms. The van der Waals surface area contributed by atoms with Crippen LogP contribution in [0.3, 0.4) is 0 Å². The van der Waals surface area contributed by atoms with Gasteiger partial charge in [-0.05, 0) is 43.4 Å². The molecule has 0 aliphatic heterocycles. The van der Waals surface area contributed by atoms with Gasteiger partial charge in [-0.2, -0.15) is 0 Å². The lowest BCUT2D eigenvalue weighted by molar-refractivity contribution is 0.340. The van der Waals surface area contributed by atoms with E-state index in [9.17, 15) is 9.59 Å². The minimum atomic E-state index is -0.407. The molecule has 0 fully saturated rings. The highest BCUT2D eigenvalue weighted by Crippen LogP contribution is 2.27. The predicted molar refractivity (Wildman–Crippen MR) is 108 cm³/mol. The molecule has 0 radical (unpaired) electrons. The zero-order chi connectivity index (χ0) is 19.6. The predicted octanol–water partition coefficient (Wildman–Crippen LogP) is 2.60. The van der Waals surface area contributed by atoms with Crippen molar-refractivity contribution >= 4 is 22.8 Å². The fraction of sp³-hybridized carbons (Fsp3) is 0.368. The SMILES string of the molecule is CCCSc1nc(-c2ccc(OCC)cc2)nc2c1c(=O)n(C)c(=O)n2C. The maximum absolute atomic E-state index is 12.7. The molecule has 8 heteroatoms. The van der Waals surface area contributed by atoms with Crippen molar-refractivity contribution < 1.29 is 4.74 Å². The van der Waals surface area contributed by atoms with Gasteiger partial charge in [-0.15, -0.1) is 11.8 Å². The lowest BCUT2D eigenvalue weighted by Crippen LogP contribution is -2.37. The number of rotatable bonds is 6. The molecule has 0 spiro atoms. The van der Waals surface area contributed by atoms with Crippen molar-refractivity contribution in [3.63, 3.8) is 0 Å². The van der Waals surface area contributed by atoms with E-state index in [1.165, 1.54) is 23.4 Å². The molecule has 0 aliphatic carbocycles. The summed E-state index contributed by atoms with van der Waals surface area (Å²) in [4.78, 5) is 34.2. The molecule has 1 aromatic carbocycles. The molecule has 0 saturated carbocycles. The molecule has 0 atom stereocenters. The van der Waals surface area contributed by atoms with Crippen LogP contribution in [0.4, 0.5) is 0 Å². The van der Waals surface area contributed by atoms with E-state index < -0.39 is 5.69 Å². The molecule has 7 nitrogen and oxygen atoms in total. The normalized spacial score (nSPS) is 11.1. The van der Waals surface area contributed by atoms with E-state index in [2.05, 4.69) is 16.9 Å². The molecule has 0 saturated heterocycles. The Kier molecular flexibility index (Phi) is 5.65. The number of thioether (sulfide) groups is 1. The number of ether oxygens (including phenoxy) is 1. The number of hydrogen-bond acceptors (Lipinski definition) is 6. The number of aromatic nitrogens is 4. The number of fused-ring (bicyclic) bond motifs is 1. The van der Waals surface area contributed by atoms with E-state index in [1.807, 2.05) is 31.2 Å². The minimum Gasteiger partial charge on any atom is -0.494 e. The van der Waals surface area contributed by atoms with Crippen LogP contribution in [0.1, 0.15) is 20.3 Å². The Morgan fingerprint density at radius 2 is 1.74 bits per heavy atom. The Morgan fingerprint density at radius 1 is 1.04 bits per heavy atom. The van der Waals surface area contributed by atoms with Gasteiger partial charge in [-0.1, -0.05) is 6.92 Å². The first kappa shape index (κ1) is 19.2. The molecule has 2 aromatic heterocycles. The first-order valence-corrected chi connectivity index (χ1v) is 9.80. The maximum Gasteiger partial charge on any atom is 0.332 e. The van der Waals surface area contributed by atoms with Gasteiger partial charge in [0.15, 0.2) is 11.5 Å². The second kappa shape index (κ2) is 7.96. The first-order valence-electron chi connectivity index (χ1n) is 8.81. The monoisotopic (exact) mass is 386 g/mol. The van der Waals surface area contributed by atoms with E-state index in [4.69, 9.17) is 4.74 Å². The Hall–Kier alpha value is -2.61. The largest absolute Gasteiger partial charge is 0.494 e.